The summed E-state index contributed by atoms with van der Waals surface area (Å²) in [6.45, 7) is -0.223. The molecule has 8 heteroatoms. The number of carbonyl (C=O) groups excluding carboxylic acids is 2. The number of anilines is 2. The lowest BCUT2D eigenvalue weighted by Gasteiger charge is -2.10. The molecular formula is C21H15Cl3N2O3. The summed E-state index contributed by atoms with van der Waals surface area (Å²) < 4.78 is 5.44. The van der Waals surface area contributed by atoms with E-state index in [0.29, 0.717) is 37.8 Å². The van der Waals surface area contributed by atoms with Crippen LogP contribution in [0.15, 0.2) is 66.7 Å². The molecule has 0 fully saturated rings. The molecule has 2 amide bonds. The molecule has 0 aromatic heterocycles. The Morgan fingerprint density at radius 3 is 2.14 bits per heavy atom. The molecule has 0 aliphatic carbocycles. The number of amides is 2. The van der Waals surface area contributed by atoms with E-state index in [0.717, 1.165) is 0 Å². The monoisotopic (exact) mass is 448 g/mol. The molecule has 2 N–H and O–H groups in total. The number of halogens is 3. The predicted molar refractivity (Wildman–Crippen MR) is 116 cm³/mol. The van der Waals surface area contributed by atoms with Crippen LogP contribution in [0.4, 0.5) is 11.4 Å². The number of benzene rings is 3. The Morgan fingerprint density at radius 2 is 1.45 bits per heavy atom. The minimum absolute atomic E-state index is 0.223. The van der Waals surface area contributed by atoms with Crippen molar-refractivity contribution >= 4 is 58.0 Å². The van der Waals surface area contributed by atoms with Crippen molar-refractivity contribution in [3.63, 3.8) is 0 Å². The van der Waals surface area contributed by atoms with Crippen molar-refractivity contribution in [3.05, 3.63) is 87.4 Å². The fraction of sp³-hybridized carbons (Fsp3) is 0.0476. The fourth-order valence-corrected chi connectivity index (χ4v) is 2.83. The van der Waals surface area contributed by atoms with Gasteiger partial charge in [-0.05, 0) is 66.7 Å². The van der Waals surface area contributed by atoms with Gasteiger partial charge in [-0.25, -0.2) is 0 Å². The summed E-state index contributed by atoms with van der Waals surface area (Å²) in [5.74, 6) is -0.216. The molecule has 0 saturated heterocycles. The van der Waals surface area contributed by atoms with E-state index in [2.05, 4.69) is 10.6 Å². The van der Waals surface area contributed by atoms with Crippen molar-refractivity contribution in [2.24, 2.45) is 0 Å². The van der Waals surface area contributed by atoms with Crippen LogP contribution in [0, 0.1) is 0 Å². The lowest BCUT2D eigenvalue weighted by Crippen LogP contribution is -2.20. The molecule has 0 heterocycles. The van der Waals surface area contributed by atoms with Gasteiger partial charge in [0.1, 0.15) is 5.75 Å². The summed E-state index contributed by atoms with van der Waals surface area (Å²) in [6.07, 6.45) is 0. The van der Waals surface area contributed by atoms with Crippen LogP contribution in [0.25, 0.3) is 0 Å². The van der Waals surface area contributed by atoms with Crippen molar-refractivity contribution in [2.45, 2.75) is 0 Å². The minimum Gasteiger partial charge on any atom is -0.484 e. The third kappa shape index (κ3) is 6.12. The second-order valence-corrected chi connectivity index (χ2v) is 7.23. The van der Waals surface area contributed by atoms with E-state index in [1.54, 1.807) is 66.7 Å². The van der Waals surface area contributed by atoms with E-state index in [9.17, 15) is 9.59 Å². The van der Waals surface area contributed by atoms with Gasteiger partial charge in [0.25, 0.3) is 11.8 Å². The molecule has 0 unspecified atom stereocenters. The Kier molecular flexibility index (Phi) is 6.99. The lowest BCUT2D eigenvalue weighted by molar-refractivity contribution is -0.118. The van der Waals surface area contributed by atoms with Crippen LogP contribution < -0.4 is 15.4 Å². The molecule has 0 aliphatic rings. The van der Waals surface area contributed by atoms with Gasteiger partial charge in [0.2, 0.25) is 0 Å². The molecule has 0 bridgehead atoms. The molecular weight excluding hydrogens is 435 g/mol. The Balaban J connectivity index is 1.53. The van der Waals surface area contributed by atoms with E-state index < -0.39 is 5.91 Å². The molecule has 0 aliphatic heterocycles. The van der Waals surface area contributed by atoms with Gasteiger partial charge in [-0.2, -0.15) is 0 Å². The molecule has 3 rings (SSSR count). The second kappa shape index (κ2) is 9.65. The summed E-state index contributed by atoms with van der Waals surface area (Å²) in [5, 5.41) is 6.81. The topological polar surface area (TPSA) is 67.4 Å². The number of nitrogens with one attached hydrogen (secondary N) is 2. The standard InChI is InChI=1S/C21H15Cl3N2O3/c22-14-3-6-16(7-4-14)25-21(28)13-1-8-17(9-2-13)29-12-20(27)26-19-11-15(23)5-10-18(19)24/h1-11H,12H2,(H,25,28)(H,26,27). The van der Waals surface area contributed by atoms with E-state index in [1.807, 2.05) is 0 Å². The average molecular weight is 450 g/mol. The van der Waals surface area contributed by atoms with Crippen molar-refractivity contribution in [2.75, 3.05) is 17.2 Å². The van der Waals surface area contributed by atoms with Crippen molar-refractivity contribution in [1.29, 1.82) is 0 Å². The summed E-state index contributed by atoms with van der Waals surface area (Å²) in [7, 11) is 0. The quantitative estimate of drug-likeness (QED) is 0.491. The first-order valence-corrected chi connectivity index (χ1v) is 9.59. The van der Waals surface area contributed by atoms with Gasteiger partial charge in [0, 0.05) is 21.3 Å². The first-order valence-electron chi connectivity index (χ1n) is 8.45. The SMILES string of the molecule is O=C(COc1ccc(C(=O)Nc2ccc(Cl)cc2)cc1)Nc1cc(Cl)ccc1Cl. The zero-order chi connectivity index (χ0) is 20.8. The first-order chi connectivity index (χ1) is 13.9. The van der Waals surface area contributed by atoms with Gasteiger partial charge in [-0.15, -0.1) is 0 Å². The maximum Gasteiger partial charge on any atom is 0.262 e. The molecule has 0 spiro atoms. The smallest absolute Gasteiger partial charge is 0.262 e. The maximum atomic E-state index is 12.3. The van der Waals surface area contributed by atoms with E-state index in [-0.39, 0.29) is 12.5 Å². The maximum absolute atomic E-state index is 12.3. The Morgan fingerprint density at radius 1 is 0.793 bits per heavy atom. The third-order valence-corrected chi connectivity index (χ3v) is 4.61. The van der Waals surface area contributed by atoms with Gasteiger partial charge >= 0.3 is 0 Å². The number of rotatable bonds is 6. The van der Waals surface area contributed by atoms with Crippen LogP contribution in [-0.4, -0.2) is 18.4 Å². The van der Waals surface area contributed by atoms with Crippen molar-refractivity contribution < 1.29 is 14.3 Å². The highest BCUT2D eigenvalue weighted by Gasteiger charge is 2.09. The van der Waals surface area contributed by atoms with E-state index >= 15 is 0 Å². The Hall–Kier alpha value is -2.73. The number of hydrogen-bond donors (Lipinski definition) is 2. The van der Waals surface area contributed by atoms with Gasteiger partial charge in [0.15, 0.2) is 6.61 Å². The normalized spacial score (nSPS) is 10.3. The van der Waals surface area contributed by atoms with Crippen molar-refractivity contribution in [1.82, 2.24) is 0 Å². The molecule has 3 aromatic carbocycles. The Labute approximate surface area is 182 Å². The zero-order valence-electron chi connectivity index (χ0n) is 14.9. The third-order valence-electron chi connectivity index (χ3n) is 3.79. The van der Waals surface area contributed by atoms with Gasteiger partial charge in [-0.1, -0.05) is 34.8 Å². The van der Waals surface area contributed by atoms with Crippen LogP contribution in [0.3, 0.4) is 0 Å². The highest BCUT2D eigenvalue weighted by atomic mass is 35.5. The van der Waals surface area contributed by atoms with E-state index in [1.165, 1.54) is 0 Å². The van der Waals surface area contributed by atoms with Gasteiger partial charge in [0.05, 0.1) is 10.7 Å². The molecule has 0 radical (unpaired) electrons. The highest BCUT2D eigenvalue weighted by molar-refractivity contribution is 6.35. The highest BCUT2D eigenvalue weighted by Crippen LogP contribution is 2.25. The average Bonchev–Trinajstić information content (AvgIpc) is 2.71. The fourth-order valence-electron chi connectivity index (χ4n) is 2.37. The van der Waals surface area contributed by atoms with Gasteiger partial charge in [-0.3, -0.25) is 9.59 Å². The molecule has 29 heavy (non-hydrogen) atoms. The van der Waals surface area contributed by atoms with Crippen LogP contribution in [-0.2, 0) is 4.79 Å². The summed E-state index contributed by atoms with van der Waals surface area (Å²) in [5.41, 5.74) is 1.49. The summed E-state index contributed by atoms with van der Waals surface area (Å²) >= 11 is 17.7. The van der Waals surface area contributed by atoms with Crippen molar-refractivity contribution in [3.8, 4) is 5.75 Å². The molecule has 0 saturated carbocycles. The summed E-state index contributed by atoms with van der Waals surface area (Å²) in [6, 6.07) is 18.0. The van der Waals surface area contributed by atoms with E-state index in [4.69, 9.17) is 39.5 Å². The first kappa shape index (κ1) is 21.0. The van der Waals surface area contributed by atoms with Crippen LogP contribution >= 0.6 is 34.8 Å². The predicted octanol–water partition coefficient (Wildman–Crippen LogP) is 5.92. The summed E-state index contributed by atoms with van der Waals surface area (Å²) in [4.78, 5) is 24.3. The molecule has 3 aromatic rings. The number of ether oxygens (including phenoxy) is 1. The number of hydrogen-bond acceptors (Lipinski definition) is 3. The van der Waals surface area contributed by atoms with Crippen LogP contribution in [0.2, 0.25) is 15.1 Å². The minimum atomic E-state index is -0.390. The largest absolute Gasteiger partial charge is 0.484 e. The van der Waals surface area contributed by atoms with Gasteiger partial charge < -0.3 is 15.4 Å². The zero-order valence-corrected chi connectivity index (χ0v) is 17.2. The second-order valence-electron chi connectivity index (χ2n) is 5.95. The lowest BCUT2D eigenvalue weighted by atomic mass is 10.2. The Bertz CT molecular complexity index is 1020. The molecule has 0 atom stereocenters. The molecule has 148 valence electrons. The number of carbonyl (C=O) groups is 2. The molecule has 5 nitrogen and oxygen atoms in total. The van der Waals surface area contributed by atoms with Crippen LogP contribution in [0.1, 0.15) is 10.4 Å². The van der Waals surface area contributed by atoms with Crippen LogP contribution in [0.5, 0.6) is 5.75 Å².